The molecule has 1 aromatic heterocycles. The number of halogens is 3. The molecule has 1 aliphatic rings. The van der Waals surface area contributed by atoms with E-state index in [-0.39, 0.29) is 11.5 Å². The molecule has 0 spiro atoms. The van der Waals surface area contributed by atoms with Crippen LogP contribution in [0, 0.1) is 0 Å². The molecular formula is C17H18F3N3O3S3. The summed E-state index contributed by atoms with van der Waals surface area (Å²) in [6.07, 6.45) is -5.98. The van der Waals surface area contributed by atoms with Gasteiger partial charge in [0.15, 0.2) is 0 Å². The van der Waals surface area contributed by atoms with Crippen molar-refractivity contribution in [3.05, 3.63) is 42.1 Å². The second-order valence-electron chi connectivity index (χ2n) is 6.45. The summed E-state index contributed by atoms with van der Waals surface area (Å²) >= 11 is 1.88. The molecule has 3 atom stereocenters. The fraction of sp³-hybridized carbons (Fsp3) is 0.412. The highest BCUT2D eigenvalue weighted by atomic mass is 32.2. The monoisotopic (exact) mass is 465 g/mol. The Morgan fingerprint density at radius 1 is 1.28 bits per heavy atom. The Morgan fingerprint density at radius 3 is 2.62 bits per heavy atom. The van der Waals surface area contributed by atoms with Crippen molar-refractivity contribution >= 4 is 38.9 Å². The van der Waals surface area contributed by atoms with Gasteiger partial charge in [0.05, 0.1) is 20.3 Å². The zero-order valence-electron chi connectivity index (χ0n) is 15.0. The lowest BCUT2D eigenvalue weighted by Gasteiger charge is -2.29. The van der Waals surface area contributed by atoms with E-state index >= 15 is 0 Å². The third kappa shape index (κ3) is 4.82. The number of aliphatic hydroxyl groups is 1. The van der Waals surface area contributed by atoms with E-state index in [0.29, 0.717) is 10.4 Å². The zero-order valence-corrected chi connectivity index (χ0v) is 17.4. The molecule has 0 fully saturated rings. The number of hydrogen-bond acceptors (Lipinski definition) is 7. The first-order valence-corrected chi connectivity index (χ1v) is 12.2. The lowest BCUT2D eigenvalue weighted by Crippen LogP contribution is -2.44. The van der Waals surface area contributed by atoms with Crippen LogP contribution in [0.15, 0.2) is 40.8 Å². The topological polar surface area (TPSA) is 106 Å². The summed E-state index contributed by atoms with van der Waals surface area (Å²) in [5.74, 6) is -1.25. The number of rotatable bonds is 5. The van der Waals surface area contributed by atoms with Crippen LogP contribution in [0.5, 0.6) is 0 Å². The fourth-order valence-electron chi connectivity index (χ4n) is 2.72. The van der Waals surface area contributed by atoms with E-state index in [1.807, 2.05) is 0 Å². The molecule has 2 aromatic rings. The van der Waals surface area contributed by atoms with Crippen LogP contribution in [0.25, 0.3) is 10.4 Å². The molecule has 0 radical (unpaired) electrons. The van der Waals surface area contributed by atoms with Crippen LogP contribution in [0.2, 0.25) is 0 Å². The number of carbonyl (C=O) groups is 1. The Hall–Kier alpha value is -1.47. The zero-order chi connectivity index (χ0) is 21.3. The molecule has 3 N–H and O–H groups in total. The molecular weight excluding hydrogens is 447 g/mol. The van der Waals surface area contributed by atoms with E-state index in [1.54, 1.807) is 30.3 Å². The molecule has 1 amide bonds. The van der Waals surface area contributed by atoms with E-state index in [0.717, 1.165) is 23.3 Å². The minimum atomic E-state index is -5.05. The Bertz CT molecular complexity index is 1000. The first-order chi connectivity index (χ1) is 13.5. The molecule has 2 unspecified atom stereocenters. The average molecular weight is 466 g/mol. The van der Waals surface area contributed by atoms with Gasteiger partial charge in [-0.1, -0.05) is 30.3 Å². The van der Waals surface area contributed by atoms with Gasteiger partial charge >= 0.3 is 6.18 Å². The highest BCUT2D eigenvalue weighted by molar-refractivity contribution is 8.02. The summed E-state index contributed by atoms with van der Waals surface area (Å²) in [7, 11) is -3.27. The third-order valence-corrected chi connectivity index (χ3v) is 8.74. The van der Waals surface area contributed by atoms with Gasteiger partial charge in [-0.2, -0.15) is 21.9 Å². The van der Waals surface area contributed by atoms with Crippen LogP contribution in [-0.4, -0.2) is 48.4 Å². The molecule has 2 heterocycles. The second kappa shape index (κ2) is 8.34. The van der Waals surface area contributed by atoms with Crippen LogP contribution in [-0.2, 0) is 20.1 Å². The van der Waals surface area contributed by atoms with Gasteiger partial charge in [0.25, 0.3) is 5.91 Å². The highest BCUT2D eigenvalue weighted by Crippen LogP contribution is 2.43. The molecule has 0 aliphatic carbocycles. The maximum absolute atomic E-state index is 13.8. The largest absolute Gasteiger partial charge is 0.423 e. The lowest BCUT2D eigenvalue weighted by molar-refractivity contribution is -0.268. The van der Waals surface area contributed by atoms with Crippen LogP contribution in [0.3, 0.4) is 0 Å². The van der Waals surface area contributed by atoms with Gasteiger partial charge in [0.1, 0.15) is 5.37 Å². The van der Waals surface area contributed by atoms with Crippen molar-refractivity contribution < 1.29 is 27.3 Å². The molecule has 12 heteroatoms. The van der Waals surface area contributed by atoms with Gasteiger partial charge < -0.3 is 10.8 Å². The van der Waals surface area contributed by atoms with Gasteiger partial charge in [0.2, 0.25) is 5.60 Å². The normalized spacial score (nSPS) is 25.1. The average Bonchev–Trinajstić information content (AvgIpc) is 3.12. The summed E-state index contributed by atoms with van der Waals surface area (Å²) in [6.45, 7) is 0. The SMILES string of the molecule is N[C@H]1SCCS(=O)(CCC(O)(c2cc(-c3ccccc3)sn2)C(F)(F)F)=NC1=O. The molecule has 1 aliphatic heterocycles. The number of benzene rings is 1. The molecule has 158 valence electrons. The summed E-state index contributed by atoms with van der Waals surface area (Å²) < 4.78 is 61.6. The summed E-state index contributed by atoms with van der Waals surface area (Å²) in [5.41, 5.74) is 2.35. The molecule has 6 nitrogen and oxygen atoms in total. The van der Waals surface area contributed by atoms with Gasteiger partial charge in [-0.05, 0) is 23.2 Å². The maximum Gasteiger partial charge on any atom is 0.423 e. The number of hydrogen-bond donors (Lipinski definition) is 2. The smallest absolute Gasteiger partial charge is 0.375 e. The maximum atomic E-state index is 13.8. The second-order valence-corrected chi connectivity index (χ2v) is 11.1. The van der Waals surface area contributed by atoms with Gasteiger partial charge in [-0.3, -0.25) is 4.79 Å². The van der Waals surface area contributed by atoms with Crippen molar-refractivity contribution in [1.29, 1.82) is 0 Å². The molecule has 3 rings (SSSR count). The quantitative estimate of drug-likeness (QED) is 0.703. The van der Waals surface area contributed by atoms with E-state index in [4.69, 9.17) is 5.73 Å². The van der Waals surface area contributed by atoms with E-state index in [9.17, 15) is 27.3 Å². The van der Waals surface area contributed by atoms with E-state index < -0.39 is 50.7 Å². The molecule has 0 saturated heterocycles. The predicted octanol–water partition coefficient (Wildman–Crippen LogP) is 2.98. The summed E-state index contributed by atoms with van der Waals surface area (Å²) in [6, 6.07) is 9.87. The Balaban J connectivity index is 1.91. The first-order valence-electron chi connectivity index (χ1n) is 8.49. The van der Waals surface area contributed by atoms with Crippen molar-refractivity contribution in [2.75, 3.05) is 17.3 Å². The first kappa shape index (κ1) is 22.2. The van der Waals surface area contributed by atoms with Crippen molar-refractivity contribution in [2.24, 2.45) is 10.1 Å². The van der Waals surface area contributed by atoms with Crippen LogP contribution >= 0.6 is 23.3 Å². The summed E-state index contributed by atoms with van der Waals surface area (Å²) in [4.78, 5) is 12.3. The lowest BCUT2D eigenvalue weighted by atomic mass is 9.95. The Morgan fingerprint density at radius 2 is 1.97 bits per heavy atom. The number of thioether (sulfide) groups is 1. The van der Waals surface area contributed by atoms with Crippen LogP contribution in [0.4, 0.5) is 13.2 Å². The number of nitrogens with zero attached hydrogens (tertiary/aromatic N) is 2. The Kier molecular flexibility index (Phi) is 6.39. The number of nitrogens with two attached hydrogens (primary N) is 1. The van der Waals surface area contributed by atoms with Crippen molar-refractivity contribution in [3.8, 4) is 10.4 Å². The standard InChI is InChI=1S/C17H18F3N3O3S3/c18-17(19,20)16(25,6-8-29(26)9-7-27-14(21)15(24)23-29)13-10-12(28-22-13)11-4-2-1-3-5-11/h1-5,10,14,25H,6-9,21H2/t14-,16?,29?/m0/s1. The minimum Gasteiger partial charge on any atom is -0.375 e. The van der Waals surface area contributed by atoms with E-state index in [1.165, 1.54) is 6.07 Å². The number of amides is 1. The van der Waals surface area contributed by atoms with Crippen LogP contribution in [0.1, 0.15) is 12.1 Å². The van der Waals surface area contributed by atoms with Gasteiger partial charge in [0, 0.05) is 23.7 Å². The molecule has 1 aromatic carbocycles. The number of alkyl halides is 3. The third-order valence-electron chi connectivity index (χ3n) is 4.44. The van der Waals surface area contributed by atoms with Gasteiger partial charge in [-0.25, -0.2) is 4.21 Å². The van der Waals surface area contributed by atoms with Crippen LogP contribution < -0.4 is 5.73 Å². The summed E-state index contributed by atoms with van der Waals surface area (Å²) in [5, 5.41) is 9.57. The molecule has 29 heavy (non-hydrogen) atoms. The number of carbonyl (C=O) groups excluding carboxylic acids is 1. The van der Waals surface area contributed by atoms with Crippen molar-refractivity contribution in [3.63, 3.8) is 0 Å². The van der Waals surface area contributed by atoms with Crippen molar-refractivity contribution in [2.45, 2.75) is 23.6 Å². The highest BCUT2D eigenvalue weighted by Gasteiger charge is 2.56. The molecule has 0 bridgehead atoms. The van der Waals surface area contributed by atoms with E-state index in [2.05, 4.69) is 8.74 Å². The predicted molar refractivity (Wildman–Crippen MR) is 108 cm³/mol. The van der Waals surface area contributed by atoms with Gasteiger partial charge in [-0.15, -0.1) is 11.8 Å². The minimum absolute atomic E-state index is 0.0720. The number of aromatic nitrogens is 1. The Labute approximate surface area is 174 Å². The van der Waals surface area contributed by atoms with Crippen molar-refractivity contribution in [1.82, 2.24) is 4.37 Å². The fourth-order valence-corrected chi connectivity index (χ4v) is 6.91. The molecule has 0 saturated carbocycles.